The number of nitrogens with one attached hydrogen (secondary N) is 1. The van der Waals surface area contributed by atoms with Crippen molar-refractivity contribution in [3.05, 3.63) is 88.2 Å². The zero-order chi connectivity index (χ0) is 23.9. The maximum Gasteiger partial charge on any atom is 0.257 e. The van der Waals surface area contributed by atoms with E-state index in [1.807, 2.05) is 36.4 Å². The number of amides is 2. The van der Waals surface area contributed by atoms with Gasteiger partial charge < -0.3 is 9.64 Å². The van der Waals surface area contributed by atoms with E-state index in [0.29, 0.717) is 47.2 Å². The molecule has 0 spiro atoms. The Labute approximate surface area is 208 Å². The first kappa shape index (κ1) is 24.0. The predicted octanol–water partition coefficient (Wildman–Crippen LogP) is 5.18. The number of imide groups is 1. The summed E-state index contributed by atoms with van der Waals surface area (Å²) in [4.78, 5) is 31.7. The monoisotopic (exact) mass is 497 g/mol. The molecule has 2 aromatic carbocycles. The molecule has 2 amide bonds. The molecule has 0 aliphatic carbocycles. The van der Waals surface area contributed by atoms with Gasteiger partial charge in [-0.05, 0) is 60.9 Å². The van der Waals surface area contributed by atoms with Crippen molar-refractivity contribution in [3.63, 3.8) is 0 Å². The van der Waals surface area contributed by atoms with Gasteiger partial charge in [0.05, 0.1) is 11.6 Å². The van der Waals surface area contributed by atoms with E-state index in [-0.39, 0.29) is 11.8 Å². The summed E-state index contributed by atoms with van der Waals surface area (Å²) in [5, 5.41) is 3.62. The number of rotatable bonds is 7. The standard InChI is InChI=1S/C26H25Cl2N3O3/c27-21-4-1-18(2-5-21)11-16-34-24-17-20(3-6-23(24)28)26(33)30-25(32)19-9-14-31(15-10-19)22-7-12-29-13-8-22/h1-8,12-13,17,19H,9-11,14-16H2,(H,30,32,33). The van der Waals surface area contributed by atoms with Gasteiger partial charge in [-0.15, -0.1) is 0 Å². The topological polar surface area (TPSA) is 71.5 Å². The zero-order valence-corrected chi connectivity index (χ0v) is 20.1. The van der Waals surface area contributed by atoms with Gasteiger partial charge in [-0.25, -0.2) is 0 Å². The smallest absolute Gasteiger partial charge is 0.257 e. The second-order valence-corrected chi connectivity index (χ2v) is 9.00. The van der Waals surface area contributed by atoms with Crippen LogP contribution in [0.15, 0.2) is 67.0 Å². The minimum Gasteiger partial charge on any atom is -0.492 e. The van der Waals surface area contributed by atoms with Gasteiger partial charge in [0.2, 0.25) is 5.91 Å². The number of halogens is 2. The van der Waals surface area contributed by atoms with Crippen molar-refractivity contribution in [3.8, 4) is 5.75 Å². The van der Waals surface area contributed by atoms with Crippen LogP contribution in [0.2, 0.25) is 10.0 Å². The van der Waals surface area contributed by atoms with E-state index >= 15 is 0 Å². The molecule has 6 nitrogen and oxygen atoms in total. The normalized spacial score (nSPS) is 14.0. The van der Waals surface area contributed by atoms with Crippen LogP contribution in [-0.4, -0.2) is 36.5 Å². The summed E-state index contributed by atoms with van der Waals surface area (Å²) in [5.41, 5.74) is 2.50. The Morgan fingerprint density at radius 3 is 2.41 bits per heavy atom. The van der Waals surface area contributed by atoms with Gasteiger partial charge in [0.1, 0.15) is 5.75 Å². The first-order valence-corrected chi connectivity index (χ1v) is 11.9. The molecule has 34 heavy (non-hydrogen) atoms. The SMILES string of the molecule is O=C(NC(=O)C1CCN(c2ccncc2)CC1)c1ccc(Cl)c(OCCc2ccc(Cl)cc2)c1. The van der Waals surface area contributed by atoms with Crippen LogP contribution in [0.4, 0.5) is 5.69 Å². The summed E-state index contributed by atoms with van der Waals surface area (Å²) in [7, 11) is 0. The third kappa shape index (κ3) is 6.27. The van der Waals surface area contributed by atoms with Crippen LogP contribution < -0.4 is 15.0 Å². The fourth-order valence-electron chi connectivity index (χ4n) is 3.93. The number of carbonyl (C=O) groups excluding carboxylic acids is 2. The second kappa shape index (κ2) is 11.4. The van der Waals surface area contributed by atoms with Gasteiger partial charge >= 0.3 is 0 Å². The number of hydrogen-bond donors (Lipinski definition) is 1. The molecule has 0 bridgehead atoms. The summed E-state index contributed by atoms with van der Waals surface area (Å²) in [6.45, 7) is 1.90. The molecule has 1 aliphatic rings. The number of aromatic nitrogens is 1. The van der Waals surface area contributed by atoms with E-state index in [1.54, 1.807) is 30.6 Å². The van der Waals surface area contributed by atoms with E-state index in [4.69, 9.17) is 27.9 Å². The molecule has 3 aromatic rings. The lowest BCUT2D eigenvalue weighted by Gasteiger charge is -2.32. The molecule has 176 valence electrons. The average Bonchev–Trinajstić information content (AvgIpc) is 2.87. The van der Waals surface area contributed by atoms with Gasteiger partial charge in [0.25, 0.3) is 5.91 Å². The van der Waals surface area contributed by atoms with Crippen LogP contribution >= 0.6 is 23.2 Å². The van der Waals surface area contributed by atoms with E-state index in [9.17, 15) is 9.59 Å². The number of carbonyl (C=O) groups is 2. The minimum absolute atomic E-state index is 0.204. The molecular formula is C26H25Cl2N3O3. The third-order valence-corrected chi connectivity index (χ3v) is 6.45. The first-order chi connectivity index (χ1) is 16.5. The Morgan fingerprint density at radius 2 is 1.71 bits per heavy atom. The molecule has 0 unspecified atom stereocenters. The van der Waals surface area contributed by atoms with Gasteiger partial charge in [-0.1, -0.05) is 35.3 Å². The molecule has 8 heteroatoms. The van der Waals surface area contributed by atoms with Crippen molar-refractivity contribution in [2.24, 2.45) is 5.92 Å². The highest BCUT2D eigenvalue weighted by molar-refractivity contribution is 6.32. The predicted molar refractivity (Wildman–Crippen MR) is 134 cm³/mol. The van der Waals surface area contributed by atoms with Crippen molar-refractivity contribution in [1.29, 1.82) is 0 Å². The molecule has 0 saturated carbocycles. The minimum atomic E-state index is -0.458. The van der Waals surface area contributed by atoms with Gasteiger partial charge in [-0.2, -0.15) is 0 Å². The Kier molecular flexibility index (Phi) is 8.03. The number of benzene rings is 2. The van der Waals surface area contributed by atoms with E-state index in [0.717, 1.165) is 24.3 Å². The molecular weight excluding hydrogens is 473 g/mol. The average molecular weight is 498 g/mol. The maximum absolute atomic E-state index is 12.7. The Morgan fingerprint density at radius 1 is 1.00 bits per heavy atom. The highest BCUT2D eigenvalue weighted by atomic mass is 35.5. The number of piperidine rings is 1. The lowest BCUT2D eigenvalue weighted by atomic mass is 9.95. The molecule has 4 rings (SSSR count). The summed E-state index contributed by atoms with van der Waals surface area (Å²) < 4.78 is 5.80. The zero-order valence-electron chi connectivity index (χ0n) is 18.5. The molecule has 1 aliphatic heterocycles. The molecule has 1 aromatic heterocycles. The largest absolute Gasteiger partial charge is 0.492 e. The Hall–Kier alpha value is -3.09. The highest BCUT2D eigenvalue weighted by Crippen LogP contribution is 2.27. The number of ether oxygens (including phenoxy) is 1. The summed E-state index contributed by atoms with van der Waals surface area (Å²) in [5.74, 6) is -0.508. The fourth-order valence-corrected chi connectivity index (χ4v) is 4.22. The number of hydrogen-bond acceptors (Lipinski definition) is 5. The van der Waals surface area contributed by atoms with Crippen LogP contribution in [0.3, 0.4) is 0 Å². The van der Waals surface area contributed by atoms with Crippen molar-refractivity contribution < 1.29 is 14.3 Å². The molecule has 1 N–H and O–H groups in total. The molecule has 0 radical (unpaired) electrons. The Balaban J connectivity index is 1.29. The number of pyridine rings is 1. The quantitative estimate of drug-likeness (QED) is 0.455. The number of anilines is 1. The van der Waals surface area contributed by atoms with Gasteiger partial charge in [0, 0.05) is 54.1 Å². The molecule has 1 fully saturated rings. The van der Waals surface area contributed by atoms with E-state index in [2.05, 4.69) is 15.2 Å². The highest BCUT2D eigenvalue weighted by Gasteiger charge is 2.26. The maximum atomic E-state index is 12.7. The van der Waals surface area contributed by atoms with Crippen molar-refractivity contribution in [2.75, 3.05) is 24.6 Å². The Bertz CT molecular complexity index is 1130. The van der Waals surface area contributed by atoms with Crippen LogP contribution in [-0.2, 0) is 11.2 Å². The van der Waals surface area contributed by atoms with Crippen molar-refractivity contribution in [1.82, 2.24) is 10.3 Å². The summed E-state index contributed by atoms with van der Waals surface area (Å²) in [6.07, 6.45) is 5.55. The second-order valence-electron chi connectivity index (χ2n) is 8.16. The molecule has 0 atom stereocenters. The third-order valence-electron chi connectivity index (χ3n) is 5.89. The summed E-state index contributed by atoms with van der Waals surface area (Å²) in [6, 6.07) is 16.2. The van der Waals surface area contributed by atoms with Crippen LogP contribution in [0.5, 0.6) is 5.75 Å². The fraction of sp³-hybridized carbons (Fsp3) is 0.269. The first-order valence-electron chi connectivity index (χ1n) is 11.2. The lowest BCUT2D eigenvalue weighted by molar-refractivity contribution is -0.124. The van der Waals surface area contributed by atoms with Crippen LogP contribution in [0, 0.1) is 5.92 Å². The molecule has 2 heterocycles. The van der Waals surface area contributed by atoms with Crippen LogP contribution in [0.25, 0.3) is 0 Å². The van der Waals surface area contributed by atoms with Gasteiger partial charge in [-0.3, -0.25) is 19.9 Å². The van der Waals surface area contributed by atoms with Crippen molar-refractivity contribution >= 4 is 40.7 Å². The van der Waals surface area contributed by atoms with Crippen molar-refractivity contribution in [2.45, 2.75) is 19.3 Å². The van der Waals surface area contributed by atoms with E-state index < -0.39 is 5.91 Å². The van der Waals surface area contributed by atoms with Crippen LogP contribution in [0.1, 0.15) is 28.8 Å². The lowest BCUT2D eigenvalue weighted by Crippen LogP contribution is -2.42. The van der Waals surface area contributed by atoms with E-state index in [1.165, 1.54) is 0 Å². The van der Waals surface area contributed by atoms with Gasteiger partial charge in [0.15, 0.2) is 0 Å². The summed E-state index contributed by atoms with van der Waals surface area (Å²) >= 11 is 12.2. The number of nitrogens with zero attached hydrogens (tertiary/aromatic N) is 2. The molecule has 1 saturated heterocycles.